The summed E-state index contributed by atoms with van der Waals surface area (Å²) in [4.78, 5) is 15.8. The Labute approximate surface area is 126 Å². The molecular weight excluding hydrogens is 260 g/mol. The van der Waals surface area contributed by atoms with Gasteiger partial charge in [0.25, 0.3) is 0 Å². The third kappa shape index (κ3) is 3.57. The Hall–Kier alpha value is -1.97. The highest BCUT2D eigenvalue weighted by Crippen LogP contribution is 2.23. The average molecular weight is 282 g/mol. The summed E-state index contributed by atoms with van der Waals surface area (Å²) in [6, 6.07) is 8.31. The summed E-state index contributed by atoms with van der Waals surface area (Å²) >= 11 is 0. The number of pyridine rings is 1. The molecule has 1 atom stereocenters. The average Bonchev–Trinajstić information content (AvgIpc) is 2.47. The fourth-order valence-electron chi connectivity index (χ4n) is 3.07. The lowest BCUT2D eigenvalue weighted by molar-refractivity contribution is 0.408. The number of hydrogen-bond acceptors (Lipinski definition) is 4. The summed E-state index contributed by atoms with van der Waals surface area (Å²) in [7, 11) is 0. The fraction of sp³-hybridized carbons (Fsp3) is 0.471. The number of aryl methyl sites for hydroxylation is 2. The summed E-state index contributed by atoms with van der Waals surface area (Å²) in [6.07, 6.45) is 5.40. The van der Waals surface area contributed by atoms with Crippen molar-refractivity contribution in [3.8, 4) is 0 Å². The summed E-state index contributed by atoms with van der Waals surface area (Å²) in [5.74, 6) is 2.56. The monoisotopic (exact) mass is 282 g/mol. The Morgan fingerprint density at radius 2 is 2.10 bits per heavy atom. The number of piperidine rings is 1. The number of nitrogens with zero attached hydrogens (tertiary/aromatic N) is 4. The summed E-state index contributed by atoms with van der Waals surface area (Å²) in [5, 5.41) is 0. The minimum atomic E-state index is 0.656. The SMILES string of the molecule is Cc1cccc(C[C@@H]2CCCN(c3ccnc(C)n3)C2)n1. The first-order valence-corrected chi connectivity index (χ1v) is 7.68. The van der Waals surface area contributed by atoms with Gasteiger partial charge in [-0.3, -0.25) is 4.98 Å². The van der Waals surface area contributed by atoms with Crippen molar-refractivity contribution in [3.63, 3.8) is 0 Å². The minimum Gasteiger partial charge on any atom is -0.356 e. The van der Waals surface area contributed by atoms with Crippen LogP contribution in [0.2, 0.25) is 0 Å². The highest BCUT2D eigenvalue weighted by Gasteiger charge is 2.21. The molecule has 0 saturated carbocycles. The third-order valence-corrected chi connectivity index (χ3v) is 4.05. The second-order valence-corrected chi connectivity index (χ2v) is 5.89. The molecule has 1 aliphatic heterocycles. The van der Waals surface area contributed by atoms with Crippen molar-refractivity contribution in [2.24, 2.45) is 5.92 Å². The minimum absolute atomic E-state index is 0.656. The fourth-order valence-corrected chi connectivity index (χ4v) is 3.07. The van der Waals surface area contributed by atoms with E-state index in [2.05, 4.69) is 45.0 Å². The van der Waals surface area contributed by atoms with Crippen LogP contribution in [-0.4, -0.2) is 28.0 Å². The van der Waals surface area contributed by atoms with Crippen LogP contribution in [0.15, 0.2) is 30.5 Å². The van der Waals surface area contributed by atoms with Gasteiger partial charge in [0.15, 0.2) is 0 Å². The van der Waals surface area contributed by atoms with E-state index in [-0.39, 0.29) is 0 Å². The van der Waals surface area contributed by atoms with Gasteiger partial charge >= 0.3 is 0 Å². The molecule has 0 aliphatic carbocycles. The van der Waals surface area contributed by atoms with Crippen molar-refractivity contribution in [1.82, 2.24) is 15.0 Å². The van der Waals surface area contributed by atoms with Crippen molar-refractivity contribution in [2.75, 3.05) is 18.0 Å². The van der Waals surface area contributed by atoms with E-state index >= 15 is 0 Å². The topological polar surface area (TPSA) is 41.9 Å². The Morgan fingerprint density at radius 1 is 1.19 bits per heavy atom. The molecule has 0 spiro atoms. The number of anilines is 1. The maximum absolute atomic E-state index is 4.64. The molecular formula is C17H22N4. The largest absolute Gasteiger partial charge is 0.356 e. The second-order valence-electron chi connectivity index (χ2n) is 5.89. The van der Waals surface area contributed by atoms with E-state index in [0.717, 1.165) is 36.8 Å². The zero-order valence-electron chi connectivity index (χ0n) is 12.8. The third-order valence-electron chi connectivity index (χ3n) is 4.05. The molecule has 21 heavy (non-hydrogen) atoms. The highest BCUT2D eigenvalue weighted by atomic mass is 15.2. The molecule has 1 aliphatic rings. The molecule has 2 aromatic heterocycles. The van der Waals surface area contributed by atoms with Gasteiger partial charge in [0.1, 0.15) is 11.6 Å². The van der Waals surface area contributed by atoms with E-state index < -0.39 is 0 Å². The molecule has 0 N–H and O–H groups in total. The standard InChI is InChI=1S/C17H22N4/c1-13-5-3-7-16(19-13)11-15-6-4-10-21(12-15)17-8-9-18-14(2)20-17/h3,5,7-9,15H,4,6,10-12H2,1-2H3/t15-/m0/s1. The first-order chi connectivity index (χ1) is 10.2. The molecule has 1 saturated heterocycles. The van der Waals surface area contributed by atoms with Gasteiger partial charge in [-0.1, -0.05) is 6.07 Å². The lowest BCUT2D eigenvalue weighted by Gasteiger charge is -2.33. The zero-order chi connectivity index (χ0) is 14.7. The smallest absolute Gasteiger partial charge is 0.132 e. The molecule has 3 rings (SSSR count). The number of hydrogen-bond donors (Lipinski definition) is 0. The first kappa shape index (κ1) is 14.0. The van der Waals surface area contributed by atoms with Crippen LogP contribution in [0, 0.1) is 19.8 Å². The lowest BCUT2D eigenvalue weighted by atomic mass is 9.93. The molecule has 3 heterocycles. The Bertz CT molecular complexity index is 611. The molecule has 0 bridgehead atoms. The van der Waals surface area contributed by atoms with E-state index in [1.165, 1.54) is 18.5 Å². The van der Waals surface area contributed by atoms with Gasteiger partial charge in [0.05, 0.1) is 0 Å². The van der Waals surface area contributed by atoms with Crippen molar-refractivity contribution in [3.05, 3.63) is 47.7 Å². The van der Waals surface area contributed by atoms with Gasteiger partial charge < -0.3 is 4.90 Å². The van der Waals surface area contributed by atoms with Crippen LogP contribution in [0.5, 0.6) is 0 Å². The molecule has 0 amide bonds. The quantitative estimate of drug-likeness (QED) is 0.868. The van der Waals surface area contributed by atoms with Gasteiger partial charge in [-0.15, -0.1) is 0 Å². The van der Waals surface area contributed by atoms with Crippen LogP contribution in [0.1, 0.15) is 30.1 Å². The second kappa shape index (κ2) is 6.20. The van der Waals surface area contributed by atoms with E-state index in [1.54, 1.807) is 0 Å². The lowest BCUT2D eigenvalue weighted by Crippen LogP contribution is -2.37. The van der Waals surface area contributed by atoms with Crippen LogP contribution in [0.3, 0.4) is 0 Å². The van der Waals surface area contributed by atoms with E-state index in [1.807, 2.05) is 19.2 Å². The molecule has 0 unspecified atom stereocenters. The maximum atomic E-state index is 4.64. The van der Waals surface area contributed by atoms with E-state index in [0.29, 0.717) is 5.92 Å². The Balaban J connectivity index is 1.68. The van der Waals surface area contributed by atoms with Gasteiger partial charge in [0.2, 0.25) is 0 Å². The van der Waals surface area contributed by atoms with Gasteiger partial charge in [-0.25, -0.2) is 9.97 Å². The Morgan fingerprint density at radius 3 is 2.90 bits per heavy atom. The summed E-state index contributed by atoms with van der Waals surface area (Å²) < 4.78 is 0. The maximum Gasteiger partial charge on any atom is 0.132 e. The normalized spacial score (nSPS) is 18.8. The van der Waals surface area contributed by atoms with Gasteiger partial charge in [0, 0.05) is 30.7 Å². The molecule has 4 heteroatoms. The molecule has 110 valence electrons. The van der Waals surface area contributed by atoms with E-state index in [4.69, 9.17) is 0 Å². The van der Waals surface area contributed by atoms with Crippen LogP contribution < -0.4 is 4.90 Å². The molecule has 4 nitrogen and oxygen atoms in total. The predicted octanol–water partition coefficient (Wildman–Crippen LogP) is 2.95. The van der Waals surface area contributed by atoms with Crippen LogP contribution in [0.4, 0.5) is 5.82 Å². The number of rotatable bonds is 3. The van der Waals surface area contributed by atoms with Crippen molar-refractivity contribution >= 4 is 5.82 Å². The first-order valence-electron chi connectivity index (χ1n) is 7.68. The van der Waals surface area contributed by atoms with Crippen molar-refractivity contribution in [2.45, 2.75) is 33.1 Å². The molecule has 0 radical (unpaired) electrons. The van der Waals surface area contributed by atoms with Crippen LogP contribution >= 0.6 is 0 Å². The van der Waals surface area contributed by atoms with Gasteiger partial charge in [-0.2, -0.15) is 0 Å². The van der Waals surface area contributed by atoms with Gasteiger partial charge in [-0.05, 0) is 57.2 Å². The van der Waals surface area contributed by atoms with E-state index in [9.17, 15) is 0 Å². The number of aromatic nitrogens is 3. The zero-order valence-corrected chi connectivity index (χ0v) is 12.8. The Kier molecular flexibility index (Phi) is 4.13. The molecule has 2 aromatic rings. The molecule has 1 fully saturated rings. The highest BCUT2D eigenvalue weighted by molar-refractivity contribution is 5.38. The van der Waals surface area contributed by atoms with Crippen LogP contribution in [0.25, 0.3) is 0 Å². The molecule has 0 aromatic carbocycles. The summed E-state index contributed by atoms with van der Waals surface area (Å²) in [6.45, 7) is 6.15. The summed E-state index contributed by atoms with van der Waals surface area (Å²) in [5.41, 5.74) is 2.31. The van der Waals surface area contributed by atoms with Crippen molar-refractivity contribution in [1.29, 1.82) is 0 Å². The van der Waals surface area contributed by atoms with Crippen LogP contribution in [-0.2, 0) is 6.42 Å². The van der Waals surface area contributed by atoms with Crippen molar-refractivity contribution < 1.29 is 0 Å². The predicted molar refractivity (Wildman–Crippen MR) is 84.4 cm³/mol.